The van der Waals surface area contributed by atoms with Crippen molar-refractivity contribution in [2.24, 2.45) is 0 Å². The molecule has 0 aliphatic carbocycles. The average molecular weight is 261 g/mol. The fourth-order valence-corrected chi connectivity index (χ4v) is 1.68. The maximum absolute atomic E-state index is 12.0. The summed E-state index contributed by atoms with van der Waals surface area (Å²) in [6.07, 6.45) is 1.60. The van der Waals surface area contributed by atoms with E-state index in [0.717, 1.165) is 5.56 Å². The number of aromatic amines is 1. The van der Waals surface area contributed by atoms with E-state index in [1.165, 1.54) is 0 Å². The van der Waals surface area contributed by atoms with Gasteiger partial charge in [-0.25, -0.2) is 0 Å². The Morgan fingerprint density at radius 3 is 2.58 bits per heavy atom. The van der Waals surface area contributed by atoms with Crippen molar-refractivity contribution in [2.75, 3.05) is 19.5 Å². The zero-order chi connectivity index (χ0) is 13.8. The number of anilines is 1. The number of aromatic nitrogens is 2. The predicted octanol–water partition coefficient (Wildman–Crippen LogP) is 1.99. The summed E-state index contributed by atoms with van der Waals surface area (Å²) in [4.78, 5) is 12.0. The van der Waals surface area contributed by atoms with Crippen molar-refractivity contribution in [2.45, 2.75) is 6.92 Å². The minimum Gasteiger partial charge on any atom is -0.493 e. The second-order valence-electron chi connectivity index (χ2n) is 3.95. The van der Waals surface area contributed by atoms with Crippen LogP contribution in [0.2, 0.25) is 0 Å². The van der Waals surface area contributed by atoms with Crippen molar-refractivity contribution >= 4 is 11.6 Å². The van der Waals surface area contributed by atoms with Gasteiger partial charge in [0.15, 0.2) is 11.5 Å². The third-order valence-electron chi connectivity index (χ3n) is 2.70. The van der Waals surface area contributed by atoms with Gasteiger partial charge in [0, 0.05) is 11.8 Å². The molecule has 0 atom stereocenters. The van der Waals surface area contributed by atoms with Gasteiger partial charge in [0.05, 0.1) is 20.4 Å². The Labute approximate surface area is 110 Å². The number of rotatable bonds is 4. The molecule has 0 aliphatic heterocycles. The molecule has 2 N–H and O–H groups in total. The molecule has 0 fully saturated rings. The lowest BCUT2D eigenvalue weighted by molar-refractivity contribution is 0.102. The molecule has 19 heavy (non-hydrogen) atoms. The SMILES string of the molecule is COc1ccc(NC(=O)c2[nH]ncc2C)cc1OC. The molecule has 1 amide bonds. The molecule has 0 unspecified atom stereocenters. The maximum atomic E-state index is 12.0. The van der Waals surface area contributed by atoms with Crippen LogP contribution in [0.1, 0.15) is 16.1 Å². The number of benzene rings is 1. The maximum Gasteiger partial charge on any atom is 0.273 e. The summed E-state index contributed by atoms with van der Waals surface area (Å²) in [7, 11) is 3.10. The average Bonchev–Trinajstić information content (AvgIpc) is 2.85. The Bertz CT molecular complexity index is 593. The lowest BCUT2D eigenvalue weighted by atomic mass is 10.2. The highest BCUT2D eigenvalue weighted by Crippen LogP contribution is 2.29. The Balaban J connectivity index is 2.20. The van der Waals surface area contributed by atoms with E-state index < -0.39 is 0 Å². The highest BCUT2D eigenvalue weighted by atomic mass is 16.5. The molecule has 0 bridgehead atoms. The molecule has 0 radical (unpaired) electrons. The molecular formula is C13H15N3O3. The van der Waals surface area contributed by atoms with Gasteiger partial charge in [0.25, 0.3) is 5.91 Å². The number of nitrogens with one attached hydrogen (secondary N) is 2. The predicted molar refractivity (Wildman–Crippen MR) is 70.8 cm³/mol. The Kier molecular flexibility index (Phi) is 3.70. The van der Waals surface area contributed by atoms with Crippen LogP contribution in [-0.2, 0) is 0 Å². The molecular weight excluding hydrogens is 246 g/mol. The largest absolute Gasteiger partial charge is 0.493 e. The van der Waals surface area contributed by atoms with Crippen LogP contribution in [-0.4, -0.2) is 30.3 Å². The fraction of sp³-hybridized carbons (Fsp3) is 0.231. The van der Waals surface area contributed by atoms with Crippen molar-refractivity contribution < 1.29 is 14.3 Å². The van der Waals surface area contributed by atoms with E-state index in [1.54, 1.807) is 38.6 Å². The van der Waals surface area contributed by atoms with E-state index in [1.807, 2.05) is 6.92 Å². The number of nitrogens with zero attached hydrogens (tertiary/aromatic N) is 1. The lowest BCUT2D eigenvalue weighted by Crippen LogP contribution is -2.13. The zero-order valence-electron chi connectivity index (χ0n) is 11.0. The van der Waals surface area contributed by atoms with E-state index in [2.05, 4.69) is 15.5 Å². The Hall–Kier alpha value is -2.50. The highest BCUT2D eigenvalue weighted by molar-refractivity contribution is 6.03. The quantitative estimate of drug-likeness (QED) is 0.882. The van der Waals surface area contributed by atoms with Gasteiger partial charge in [-0.3, -0.25) is 9.89 Å². The fourth-order valence-electron chi connectivity index (χ4n) is 1.68. The molecule has 0 spiro atoms. The first-order valence-electron chi connectivity index (χ1n) is 5.69. The number of H-pyrrole nitrogens is 1. The Morgan fingerprint density at radius 1 is 1.26 bits per heavy atom. The molecule has 1 aromatic carbocycles. The van der Waals surface area contributed by atoms with Gasteiger partial charge in [-0.1, -0.05) is 0 Å². The zero-order valence-corrected chi connectivity index (χ0v) is 11.0. The number of ether oxygens (including phenoxy) is 2. The van der Waals surface area contributed by atoms with Crippen molar-refractivity contribution in [3.63, 3.8) is 0 Å². The summed E-state index contributed by atoms with van der Waals surface area (Å²) >= 11 is 0. The summed E-state index contributed by atoms with van der Waals surface area (Å²) in [5.41, 5.74) is 1.85. The highest BCUT2D eigenvalue weighted by Gasteiger charge is 2.12. The van der Waals surface area contributed by atoms with E-state index in [4.69, 9.17) is 9.47 Å². The lowest BCUT2D eigenvalue weighted by Gasteiger charge is -2.10. The molecule has 0 aliphatic rings. The van der Waals surface area contributed by atoms with Gasteiger partial charge in [0.2, 0.25) is 0 Å². The molecule has 2 aromatic rings. The number of hydrogen-bond acceptors (Lipinski definition) is 4. The third kappa shape index (κ3) is 2.67. The summed E-state index contributed by atoms with van der Waals surface area (Å²) in [6, 6.07) is 5.17. The summed E-state index contributed by atoms with van der Waals surface area (Å²) < 4.78 is 10.3. The number of methoxy groups -OCH3 is 2. The van der Waals surface area contributed by atoms with Gasteiger partial charge < -0.3 is 14.8 Å². The topological polar surface area (TPSA) is 76.2 Å². The van der Waals surface area contributed by atoms with Crippen LogP contribution < -0.4 is 14.8 Å². The summed E-state index contributed by atoms with van der Waals surface area (Å²) in [6.45, 7) is 1.81. The van der Waals surface area contributed by atoms with Gasteiger partial charge in [-0.05, 0) is 24.6 Å². The van der Waals surface area contributed by atoms with E-state index in [-0.39, 0.29) is 5.91 Å². The van der Waals surface area contributed by atoms with E-state index in [9.17, 15) is 4.79 Å². The van der Waals surface area contributed by atoms with Crippen molar-refractivity contribution in [3.8, 4) is 11.5 Å². The first-order valence-corrected chi connectivity index (χ1v) is 5.69. The molecule has 0 saturated carbocycles. The Morgan fingerprint density at radius 2 is 2.00 bits per heavy atom. The van der Waals surface area contributed by atoms with Crippen molar-refractivity contribution in [3.05, 3.63) is 35.7 Å². The van der Waals surface area contributed by atoms with Crippen molar-refractivity contribution in [1.82, 2.24) is 10.2 Å². The standard InChI is InChI=1S/C13H15N3O3/c1-8-7-14-16-12(8)13(17)15-9-4-5-10(18-2)11(6-9)19-3/h4-7H,1-3H3,(H,14,16)(H,15,17). The number of carbonyl (C=O) groups excluding carboxylic acids is 1. The van der Waals surface area contributed by atoms with Crippen LogP contribution in [0.25, 0.3) is 0 Å². The summed E-state index contributed by atoms with van der Waals surface area (Å²) in [5.74, 6) is 0.919. The monoisotopic (exact) mass is 261 g/mol. The number of aryl methyl sites for hydroxylation is 1. The second kappa shape index (κ2) is 5.43. The van der Waals surface area contributed by atoms with Crippen LogP contribution in [0.4, 0.5) is 5.69 Å². The van der Waals surface area contributed by atoms with Crippen LogP contribution in [0.15, 0.2) is 24.4 Å². The van der Waals surface area contributed by atoms with Crippen LogP contribution in [0.5, 0.6) is 11.5 Å². The van der Waals surface area contributed by atoms with Gasteiger partial charge >= 0.3 is 0 Å². The minimum absolute atomic E-state index is 0.248. The van der Waals surface area contributed by atoms with Gasteiger partial charge in [-0.15, -0.1) is 0 Å². The smallest absolute Gasteiger partial charge is 0.273 e. The first kappa shape index (κ1) is 12.9. The van der Waals surface area contributed by atoms with Gasteiger partial charge in [-0.2, -0.15) is 5.10 Å². The number of amides is 1. The molecule has 1 heterocycles. The molecule has 0 saturated heterocycles. The third-order valence-corrected chi connectivity index (χ3v) is 2.70. The van der Waals surface area contributed by atoms with E-state index in [0.29, 0.717) is 22.9 Å². The van der Waals surface area contributed by atoms with Gasteiger partial charge in [0.1, 0.15) is 5.69 Å². The molecule has 6 heteroatoms. The first-order chi connectivity index (χ1) is 9.15. The van der Waals surface area contributed by atoms with Crippen LogP contribution in [0, 0.1) is 6.92 Å². The molecule has 2 rings (SSSR count). The number of carbonyl (C=O) groups is 1. The summed E-state index contributed by atoms with van der Waals surface area (Å²) in [5, 5.41) is 9.24. The van der Waals surface area contributed by atoms with Crippen molar-refractivity contribution in [1.29, 1.82) is 0 Å². The molecule has 1 aromatic heterocycles. The number of hydrogen-bond donors (Lipinski definition) is 2. The van der Waals surface area contributed by atoms with E-state index >= 15 is 0 Å². The molecule has 100 valence electrons. The second-order valence-corrected chi connectivity index (χ2v) is 3.95. The molecule has 6 nitrogen and oxygen atoms in total. The van der Waals surface area contributed by atoms with Crippen LogP contribution in [0.3, 0.4) is 0 Å². The van der Waals surface area contributed by atoms with Crippen LogP contribution >= 0.6 is 0 Å². The minimum atomic E-state index is -0.248. The normalized spacial score (nSPS) is 10.1.